The highest BCUT2D eigenvalue weighted by Gasteiger charge is 2.15. The average molecular weight is 302 g/mol. The molecule has 2 rings (SSSR count). The van der Waals surface area contributed by atoms with Gasteiger partial charge in [0, 0.05) is 16.5 Å². The van der Waals surface area contributed by atoms with Crippen LogP contribution in [-0.2, 0) is 4.84 Å². The Balaban J connectivity index is 2.32. The van der Waals surface area contributed by atoms with Gasteiger partial charge in [-0.05, 0) is 25.1 Å². The summed E-state index contributed by atoms with van der Waals surface area (Å²) in [5, 5.41) is 14.8. The molecular weight excluding hydrogens is 288 g/mol. The third-order valence-electron chi connectivity index (χ3n) is 2.74. The lowest BCUT2D eigenvalue weighted by atomic mass is 10.2. The van der Waals surface area contributed by atoms with E-state index in [1.807, 2.05) is 31.2 Å². The van der Waals surface area contributed by atoms with E-state index in [4.69, 9.17) is 0 Å². The van der Waals surface area contributed by atoms with Crippen LogP contribution >= 0.6 is 11.8 Å². The second kappa shape index (κ2) is 6.90. The Morgan fingerprint density at radius 2 is 1.95 bits per heavy atom. The maximum absolute atomic E-state index is 11.2. The number of nitro groups is 1. The van der Waals surface area contributed by atoms with Crippen LogP contribution in [0.4, 0.5) is 5.69 Å². The molecule has 2 aromatic carbocycles. The van der Waals surface area contributed by atoms with Crippen LogP contribution in [0.3, 0.4) is 0 Å². The first-order valence-corrected chi connectivity index (χ1v) is 7.01. The van der Waals surface area contributed by atoms with Crippen molar-refractivity contribution in [2.45, 2.75) is 16.7 Å². The van der Waals surface area contributed by atoms with Gasteiger partial charge >= 0.3 is 0 Å². The Bertz CT molecular complexity index is 669. The van der Waals surface area contributed by atoms with E-state index in [9.17, 15) is 10.1 Å². The zero-order valence-corrected chi connectivity index (χ0v) is 12.5. The van der Waals surface area contributed by atoms with Gasteiger partial charge in [-0.3, -0.25) is 10.1 Å². The van der Waals surface area contributed by atoms with E-state index in [-0.39, 0.29) is 10.6 Å². The van der Waals surface area contributed by atoms with Gasteiger partial charge in [0.2, 0.25) is 0 Å². The predicted octanol–water partition coefficient (Wildman–Crippen LogP) is 4.03. The first-order chi connectivity index (χ1) is 10.1. The molecule has 0 unspecified atom stereocenters. The summed E-state index contributed by atoms with van der Waals surface area (Å²) in [6, 6.07) is 12.8. The van der Waals surface area contributed by atoms with Crippen molar-refractivity contribution in [2.75, 3.05) is 7.11 Å². The average Bonchev–Trinajstić information content (AvgIpc) is 2.48. The van der Waals surface area contributed by atoms with Crippen LogP contribution in [0.1, 0.15) is 11.1 Å². The standard InChI is InChI=1S/C15H14N2O3S/c1-11-3-6-13(7-4-11)21-15-8-5-12(10-16-20-2)9-14(15)17(18)19/h3-10H,1-2H3/b16-10+. The van der Waals surface area contributed by atoms with Crippen LogP contribution in [-0.4, -0.2) is 18.2 Å². The number of hydrogen-bond acceptors (Lipinski definition) is 5. The third-order valence-corrected chi connectivity index (χ3v) is 3.81. The van der Waals surface area contributed by atoms with E-state index < -0.39 is 0 Å². The number of nitro benzene ring substituents is 1. The molecule has 0 bridgehead atoms. The van der Waals surface area contributed by atoms with E-state index >= 15 is 0 Å². The molecule has 0 amide bonds. The molecule has 108 valence electrons. The quantitative estimate of drug-likeness (QED) is 0.475. The molecule has 0 saturated carbocycles. The monoisotopic (exact) mass is 302 g/mol. The summed E-state index contributed by atoms with van der Waals surface area (Å²) in [7, 11) is 1.42. The van der Waals surface area contributed by atoms with E-state index in [1.54, 1.807) is 12.1 Å². The van der Waals surface area contributed by atoms with Gasteiger partial charge in [0.1, 0.15) is 7.11 Å². The molecule has 0 fully saturated rings. The Labute approximate surface area is 126 Å². The van der Waals surface area contributed by atoms with E-state index in [0.717, 1.165) is 10.5 Å². The predicted molar refractivity (Wildman–Crippen MR) is 83.0 cm³/mol. The number of hydrogen-bond donors (Lipinski definition) is 0. The van der Waals surface area contributed by atoms with E-state index in [2.05, 4.69) is 9.99 Å². The number of nitrogens with zero attached hydrogens (tertiary/aromatic N) is 2. The Hall–Kier alpha value is -2.34. The van der Waals surface area contributed by atoms with Gasteiger partial charge in [-0.15, -0.1) is 0 Å². The van der Waals surface area contributed by atoms with Crippen molar-refractivity contribution in [3.05, 3.63) is 63.7 Å². The molecule has 5 nitrogen and oxygen atoms in total. The lowest BCUT2D eigenvalue weighted by Crippen LogP contribution is -1.93. The highest BCUT2D eigenvalue weighted by atomic mass is 32.2. The molecule has 0 aliphatic carbocycles. The minimum Gasteiger partial charge on any atom is -0.399 e. The second-order valence-electron chi connectivity index (χ2n) is 4.32. The third kappa shape index (κ3) is 4.06. The number of oxime groups is 1. The van der Waals surface area contributed by atoms with Crippen LogP contribution in [0.25, 0.3) is 0 Å². The fourth-order valence-corrected chi connectivity index (χ4v) is 2.59. The van der Waals surface area contributed by atoms with Gasteiger partial charge < -0.3 is 4.84 Å². The van der Waals surface area contributed by atoms with Gasteiger partial charge in [-0.25, -0.2) is 0 Å². The SMILES string of the molecule is CO/N=C/c1ccc(Sc2ccc(C)cc2)c([N+](=O)[O-])c1. The summed E-state index contributed by atoms with van der Waals surface area (Å²) in [5.74, 6) is 0. The molecule has 0 spiro atoms. The molecule has 21 heavy (non-hydrogen) atoms. The molecule has 2 aromatic rings. The molecule has 0 aliphatic rings. The molecule has 0 heterocycles. The van der Waals surface area contributed by atoms with Crippen molar-refractivity contribution in [1.29, 1.82) is 0 Å². The van der Waals surface area contributed by atoms with Crippen LogP contribution < -0.4 is 0 Å². The minimum absolute atomic E-state index is 0.0561. The number of aryl methyl sites for hydroxylation is 1. The van der Waals surface area contributed by atoms with E-state index in [0.29, 0.717) is 10.5 Å². The highest BCUT2D eigenvalue weighted by Crippen LogP contribution is 2.35. The summed E-state index contributed by atoms with van der Waals surface area (Å²) < 4.78 is 0. The van der Waals surface area contributed by atoms with Gasteiger partial charge in [0.15, 0.2) is 0 Å². The molecular formula is C15H14N2O3S. The minimum atomic E-state index is -0.388. The largest absolute Gasteiger partial charge is 0.399 e. The van der Waals surface area contributed by atoms with Crippen molar-refractivity contribution in [3.8, 4) is 0 Å². The first kappa shape index (κ1) is 15.1. The van der Waals surface area contributed by atoms with Gasteiger partial charge in [-0.1, -0.05) is 40.7 Å². The molecule has 0 radical (unpaired) electrons. The summed E-state index contributed by atoms with van der Waals surface area (Å²) >= 11 is 1.37. The molecule has 0 aliphatic heterocycles. The zero-order valence-electron chi connectivity index (χ0n) is 11.6. The van der Waals surface area contributed by atoms with Crippen LogP contribution in [0.15, 0.2) is 57.4 Å². The topological polar surface area (TPSA) is 64.7 Å². The summed E-state index contributed by atoms with van der Waals surface area (Å²) in [4.78, 5) is 17.0. The zero-order chi connectivity index (χ0) is 15.2. The van der Waals surface area contributed by atoms with E-state index in [1.165, 1.54) is 31.2 Å². The van der Waals surface area contributed by atoms with Crippen LogP contribution in [0, 0.1) is 17.0 Å². The van der Waals surface area contributed by atoms with Gasteiger partial charge in [0.25, 0.3) is 5.69 Å². The summed E-state index contributed by atoms with van der Waals surface area (Å²) in [6.45, 7) is 2.00. The Kier molecular flexibility index (Phi) is 4.94. The van der Waals surface area contributed by atoms with Crippen LogP contribution in [0.2, 0.25) is 0 Å². The van der Waals surface area contributed by atoms with Crippen molar-refractivity contribution in [3.63, 3.8) is 0 Å². The Morgan fingerprint density at radius 1 is 1.24 bits per heavy atom. The summed E-state index contributed by atoms with van der Waals surface area (Å²) in [5.41, 5.74) is 1.83. The lowest BCUT2D eigenvalue weighted by molar-refractivity contribution is -0.387. The second-order valence-corrected chi connectivity index (χ2v) is 5.43. The fourth-order valence-electron chi connectivity index (χ4n) is 1.69. The molecule has 6 heteroatoms. The van der Waals surface area contributed by atoms with Crippen molar-refractivity contribution in [2.24, 2.45) is 5.16 Å². The number of rotatable bonds is 5. The molecule has 0 saturated heterocycles. The van der Waals surface area contributed by atoms with Crippen molar-refractivity contribution in [1.82, 2.24) is 0 Å². The van der Waals surface area contributed by atoms with Crippen molar-refractivity contribution >= 4 is 23.7 Å². The van der Waals surface area contributed by atoms with Crippen LogP contribution in [0.5, 0.6) is 0 Å². The highest BCUT2D eigenvalue weighted by molar-refractivity contribution is 7.99. The Morgan fingerprint density at radius 3 is 2.57 bits per heavy atom. The normalized spacial score (nSPS) is 10.8. The number of benzene rings is 2. The maximum atomic E-state index is 11.2. The molecule has 0 N–H and O–H groups in total. The van der Waals surface area contributed by atoms with Gasteiger partial charge in [-0.2, -0.15) is 0 Å². The summed E-state index contributed by atoms with van der Waals surface area (Å²) in [6.07, 6.45) is 1.44. The first-order valence-electron chi connectivity index (χ1n) is 6.19. The maximum Gasteiger partial charge on any atom is 0.283 e. The smallest absolute Gasteiger partial charge is 0.283 e. The molecule has 0 aromatic heterocycles. The molecule has 0 atom stereocenters. The van der Waals surface area contributed by atoms with Crippen molar-refractivity contribution < 1.29 is 9.76 Å². The lowest BCUT2D eigenvalue weighted by Gasteiger charge is -2.04. The van der Waals surface area contributed by atoms with Gasteiger partial charge in [0.05, 0.1) is 16.0 Å². The fraction of sp³-hybridized carbons (Fsp3) is 0.133.